The molecule has 4 aromatic rings. The fraction of sp³-hybridized carbons (Fsp3) is 0.143. The molecule has 0 bridgehead atoms. The van der Waals surface area contributed by atoms with Gasteiger partial charge in [-0.15, -0.1) is 10.2 Å². The van der Waals surface area contributed by atoms with Crippen LogP contribution in [0.2, 0.25) is 5.02 Å². The number of carbonyl (C=O) groups excluding carboxylic acids is 1. The molecule has 2 aromatic heterocycles. The number of carbonyl (C=O) groups is 1. The van der Waals surface area contributed by atoms with Crippen LogP contribution >= 0.6 is 23.4 Å². The van der Waals surface area contributed by atoms with Crippen LogP contribution in [0.5, 0.6) is 11.5 Å². The van der Waals surface area contributed by atoms with Gasteiger partial charge in [-0.05, 0) is 42.5 Å². The number of nitrogens with one attached hydrogen (secondary N) is 1. The van der Waals surface area contributed by atoms with E-state index in [4.69, 9.17) is 21.1 Å². The summed E-state index contributed by atoms with van der Waals surface area (Å²) in [5, 5.41) is 11.7. The van der Waals surface area contributed by atoms with E-state index in [1.54, 1.807) is 66.4 Å². The number of ether oxygens (including phenoxy) is 2. The number of fused-ring (bicyclic) bond motifs is 1. The Balaban J connectivity index is 1.51. The molecule has 2 heterocycles. The van der Waals surface area contributed by atoms with Crippen molar-refractivity contribution in [1.82, 2.24) is 19.2 Å². The van der Waals surface area contributed by atoms with Crippen LogP contribution in [-0.2, 0) is 4.79 Å². The minimum atomic E-state index is -0.329. The molecule has 9 nitrogen and oxygen atoms in total. The highest BCUT2D eigenvalue weighted by Gasteiger charge is 2.15. The molecule has 0 aliphatic rings. The van der Waals surface area contributed by atoms with E-state index in [9.17, 15) is 9.59 Å². The van der Waals surface area contributed by atoms with Crippen molar-refractivity contribution in [3.63, 3.8) is 0 Å². The first-order valence-electron chi connectivity index (χ1n) is 9.37. The Morgan fingerprint density at radius 1 is 1.09 bits per heavy atom. The molecule has 0 radical (unpaired) electrons. The molecule has 164 valence electrons. The molecular formula is C21H18ClN5O4S. The van der Waals surface area contributed by atoms with E-state index >= 15 is 0 Å². The lowest BCUT2D eigenvalue weighted by Crippen LogP contribution is -2.20. The van der Waals surface area contributed by atoms with Crippen LogP contribution < -0.4 is 20.3 Å². The highest BCUT2D eigenvalue weighted by Crippen LogP contribution is 2.28. The minimum Gasteiger partial charge on any atom is -0.497 e. The van der Waals surface area contributed by atoms with Crippen molar-refractivity contribution in [3.05, 3.63) is 70.2 Å². The van der Waals surface area contributed by atoms with Gasteiger partial charge < -0.3 is 14.8 Å². The van der Waals surface area contributed by atoms with Gasteiger partial charge >= 0.3 is 5.56 Å². The van der Waals surface area contributed by atoms with Crippen molar-refractivity contribution in [2.24, 2.45) is 0 Å². The molecule has 32 heavy (non-hydrogen) atoms. The number of thioether (sulfide) groups is 1. The molecule has 0 unspecified atom stereocenters. The lowest BCUT2D eigenvalue weighted by atomic mass is 10.3. The van der Waals surface area contributed by atoms with Gasteiger partial charge in [-0.1, -0.05) is 23.4 Å². The molecule has 4 rings (SSSR count). The zero-order valence-electron chi connectivity index (χ0n) is 17.1. The molecule has 0 atom stereocenters. The predicted molar refractivity (Wildman–Crippen MR) is 122 cm³/mol. The van der Waals surface area contributed by atoms with Gasteiger partial charge in [0.1, 0.15) is 11.5 Å². The van der Waals surface area contributed by atoms with Crippen LogP contribution in [0.25, 0.3) is 11.3 Å². The maximum atomic E-state index is 12.9. The molecule has 0 spiro atoms. The van der Waals surface area contributed by atoms with Gasteiger partial charge in [0.25, 0.3) is 0 Å². The van der Waals surface area contributed by atoms with E-state index < -0.39 is 0 Å². The van der Waals surface area contributed by atoms with Gasteiger partial charge in [0.15, 0.2) is 5.16 Å². The quantitative estimate of drug-likeness (QED) is 0.413. The molecule has 2 aromatic carbocycles. The smallest absolute Gasteiger partial charge is 0.300 e. The number of aromatic nitrogens is 4. The van der Waals surface area contributed by atoms with Crippen molar-refractivity contribution >= 4 is 40.6 Å². The summed E-state index contributed by atoms with van der Waals surface area (Å²) in [5.41, 5.74) is 0.970. The molecule has 1 N–H and O–H groups in total. The fourth-order valence-electron chi connectivity index (χ4n) is 3.00. The van der Waals surface area contributed by atoms with E-state index in [1.165, 1.54) is 11.7 Å². The van der Waals surface area contributed by atoms with Crippen LogP contribution in [0.4, 0.5) is 5.69 Å². The maximum Gasteiger partial charge on any atom is 0.300 e. The monoisotopic (exact) mass is 471 g/mol. The number of halogens is 1. The van der Waals surface area contributed by atoms with Crippen LogP contribution in [0, 0.1) is 0 Å². The topological polar surface area (TPSA) is 99.8 Å². The van der Waals surface area contributed by atoms with Crippen molar-refractivity contribution in [3.8, 4) is 17.2 Å². The molecule has 11 heteroatoms. The second-order valence-electron chi connectivity index (χ2n) is 6.53. The lowest BCUT2D eigenvalue weighted by Gasteiger charge is -2.10. The van der Waals surface area contributed by atoms with Crippen LogP contribution in [-0.4, -0.2) is 45.0 Å². The van der Waals surface area contributed by atoms with E-state index in [-0.39, 0.29) is 22.9 Å². The summed E-state index contributed by atoms with van der Waals surface area (Å²) >= 11 is 7.15. The number of anilines is 1. The van der Waals surface area contributed by atoms with Gasteiger partial charge in [0, 0.05) is 23.1 Å². The predicted octanol–water partition coefficient (Wildman–Crippen LogP) is 3.28. The number of benzene rings is 2. The van der Waals surface area contributed by atoms with Gasteiger partial charge in [-0.25, -0.2) is 0 Å². The summed E-state index contributed by atoms with van der Waals surface area (Å²) in [4.78, 5) is 25.3. The SMILES string of the molecule is COc1ccc(-n2ccn3c(SCC(=O)Nc4cc(Cl)ccc4OC)nnc3c2=O)cc1. The molecule has 0 fully saturated rings. The normalized spacial score (nSPS) is 10.8. The van der Waals surface area contributed by atoms with Gasteiger partial charge in [-0.2, -0.15) is 0 Å². The zero-order chi connectivity index (χ0) is 22.7. The number of methoxy groups -OCH3 is 2. The van der Waals surface area contributed by atoms with Crippen molar-refractivity contribution < 1.29 is 14.3 Å². The fourth-order valence-corrected chi connectivity index (χ4v) is 3.89. The van der Waals surface area contributed by atoms with Crippen molar-refractivity contribution in [1.29, 1.82) is 0 Å². The Hall–Kier alpha value is -3.50. The number of hydrogen-bond donors (Lipinski definition) is 1. The largest absolute Gasteiger partial charge is 0.497 e. The highest BCUT2D eigenvalue weighted by atomic mass is 35.5. The lowest BCUT2D eigenvalue weighted by molar-refractivity contribution is -0.113. The summed E-state index contributed by atoms with van der Waals surface area (Å²) in [7, 11) is 3.09. The molecular weight excluding hydrogens is 454 g/mol. The average Bonchev–Trinajstić information content (AvgIpc) is 3.22. The zero-order valence-corrected chi connectivity index (χ0v) is 18.7. The Kier molecular flexibility index (Phi) is 6.33. The molecule has 1 amide bonds. The van der Waals surface area contributed by atoms with Crippen molar-refractivity contribution in [2.75, 3.05) is 25.3 Å². The number of amides is 1. The second-order valence-corrected chi connectivity index (χ2v) is 7.91. The van der Waals surface area contributed by atoms with E-state index in [0.29, 0.717) is 33.1 Å². The van der Waals surface area contributed by atoms with Gasteiger partial charge in [0.05, 0.1) is 25.7 Å². The first-order valence-corrected chi connectivity index (χ1v) is 10.7. The van der Waals surface area contributed by atoms with Crippen molar-refractivity contribution in [2.45, 2.75) is 5.16 Å². The van der Waals surface area contributed by atoms with Crippen LogP contribution in [0.1, 0.15) is 0 Å². The third-order valence-electron chi connectivity index (χ3n) is 4.56. The first kappa shape index (κ1) is 21.7. The van der Waals surface area contributed by atoms with Crippen LogP contribution in [0.15, 0.2) is 64.8 Å². The highest BCUT2D eigenvalue weighted by molar-refractivity contribution is 7.99. The van der Waals surface area contributed by atoms with Gasteiger partial charge in [0.2, 0.25) is 11.6 Å². The molecule has 0 saturated heterocycles. The Bertz CT molecular complexity index is 1340. The molecule has 0 saturated carbocycles. The van der Waals surface area contributed by atoms with Gasteiger partial charge in [-0.3, -0.25) is 18.6 Å². The number of hydrogen-bond acceptors (Lipinski definition) is 7. The second kappa shape index (κ2) is 9.33. The van der Waals surface area contributed by atoms with E-state index in [1.807, 2.05) is 0 Å². The standard InChI is InChI=1S/C21H18ClN5O4S/c1-30-15-6-4-14(5-7-15)26-9-10-27-19(20(26)29)24-25-21(27)32-12-18(28)23-16-11-13(22)3-8-17(16)31-2/h3-11H,12H2,1-2H3,(H,23,28). The summed E-state index contributed by atoms with van der Waals surface area (Å²) in [6, 6.07) is 12.0. The van der Waals surface area contributed by atoms with E-state index in [2.05, 4.69) is 15.5 Å². The summed E-state index contributed by atoms with van der Waals surface area (Å²) < 4.78 is 13.4. The summed E-state index contributed by atoms with van der Waals surface area (Å²) in [6.07, 6.45) is 3.31. The first-order chi connectivity index (χ1) is 15.5. The third kappa shape index (κ3) is 4.41. The van der Waals surface area contributed by atoms with E-state index in [0.717, 1.165) is 11.8 Å². The average molecular weight is 472 g/mol. The van der Waals surface area contributed by atoms with Crippen LogP contribution in [0.3, 0.4) is 0 Å². The number of nitrogens with zero attached hydrogens (tertiary/aromatic N) is 4. The minimum absolute atomic E-state index is 0.0536. The summed E-state index contributed by atoms with van der Waals surface area (Å²) in [6.45, 7) is 0. The summed E-state index contributed by atoms with van der Waals surface area (Å²) in [5.74, 6) is 0.967. The Morgan fingerprint density at radius 3 is 2.59 bits per heavy atom. The third-order valence-corrected chi connectivity index (χ3v) is 5.74. The maximum absolute atomic E-state index is 12.9. The molecule has 0 aliphatic heterocycles. The Labute approximate surface area is 191 Å². The molecule has 0 aliphatic carbocycles. The Morgan fingerprint density at radius 2 is 1.88 bits per heavy atom. The number of rotatable bonds is 7.